The molecule has 0 aliphatic carbocycles. The van der Waals surface area contributed by atoms with Crippen LogP contribution in [0, 0.1) is 0 Å². The van der Waals surface area contributed by atoms with Crippen molar-refractivity contribution in [2.24, 2.45) is 0 Å². The van der Waals surface area contributed by atoms with Gasteiger partial charge in [-0.1, -0.05) is 0 Å². The highest BCUT2D eigenvalue weighted by Gasteiger charge is 2.26. The van der Waals surface area contributed by atoms with Gasteiger partial charge in [-0.2, -0.15) is 0 Å². The van der Waals surface area contributed by atoms with Crippen LogP contribution in [0.2, 0.25) is 0 Å². The first-order chi connectivity index (χ1) is 10.0. The summed E-state index contributed by atoms with van der Waals surface area (Å²) in [7, 11) is 1.36. The van der Waals surface area contributed by atoms with Crippen molar-refractivity contribution in [3.63, 3.8) is 0 Å². The molecule has 0 aromatic heterocycles. The predicted octanol–water partition coefficient (Wildman–Crippen LogP) is 1.28. The van der Waals surface area contributed by atoms with Crippen molar-refractivity contribution in [3.8, 4) is 11.5 Å². The van der Waals surface area contributed by atoms with Gasteiger partial charge < -0.3 is 9.47 Å². The molecule has 1 N–H and O–H groups in total. The standard InChI is InChI=1S/C13H9NO6S/c1-19-9-4-7(6-15)2-3-8(9)20-11(16)5-10-12(17)14-13(18)21-10/h2-6H,1H3,(H,14,17,18)/b10-5-. The van der Waals surface area contributed by atoms with Gasteiger partial charge in [-0.3, -0.25) is 19.7 Å². The topological polar surface area (TPSA) is 98.8 Å². The summed E-state index contributed by atoms with van der Waals surface area (Å²) in [6.07, 6.45) is 1.54. The highest BCUT2D eigenvalue weighted by Crippen LogP contribution is 2.28. The molecule has 1 saturated heterocycles. The maximum atomic E-state index is 11.7. The van der Waals surface area contributed by atoms with E-state index in [-0.39, 0.29) is 16.4 Å². The molecule has 0 unspecified atom stereocenters. The number of esters is 1. The molecule has 1 aromatic rings. The van der Waals surface area contributed by atoms with E-state index in [1.54, 1.807) is 0 Å². The third-order valence-corrected chi connectivity index (χ3v) is 3.24. The van der Waals surface area contributed by atoms with Gasteiger partial charge >= 0.3 is 5.97 Å². The predicted molar refractivity (Wildman–Crippen MR) is 73.2 cm³/mol. The van der Waals surface area contributed by atoms with Crippen LogP contribution in [0.1, 0.15) is 10.4 Å². The van der Waals surface area contributed by atoms with Crippen molar-refractivity contribution in [2.45, 2.75) is 0 Å². The van der Waals surface area contributed by atoms with Crippen LogP contribution >= 0.6 is 11.8 Å². The van der Waals surface area contributed by atoms with E-state index in [9.17, 15) is 19.2 Å². The lowest BCUT2D eigenvalue weighted by molar-refractivity contribution is -0.129. The summed E-state index contributed by atoms with van der Waals surface area (Å²) in [4.78, 5) is 44.6. The zero-order valence-corrected chi connectivity index (χ0v) is 11.6. The van der Waals surface area contributed by atoms with Gasteiger partial charge in [0.15, 0.2) is 11.5 Å². The Balaban J connectivity index is 2.16. The van der Waals surface area contributed by atoms with Gasteiger partial charge in [0.05, 0.1) is 12.0 Å². The van der Waals surface area contributed by atoms with Gasteiger partial charge in [0, 0.05) is 11.6 Å². The van der Waals surface area contributed by atoms with Crippen LogP contribution in [0.4, 0.5) is 4.79 Å². The number of benzene rings is 1. The summed E-state index contributed by atoms with van der Waals surface area (Å²) < 4.78 is 10.0. The molecule has 21 heavy (non-hydrogen) atoms. The second kappa shape index (κ2) is 6.23. The maximum absolute atomic E-state index is 11.7. The summed E-state index contributed by atoms with van der Waals surface area (Å²) >= 11 is 0.612. The number of hydrogen-bond acceptors (Lipinski definition) is 7. The van der Waals surface area contributed by atoms with E-state index in [1.165, 1.54) is 25.3 Å². The molecule has 0 bridgehead atoms. The van der Waals surface area contributed by atoms with E-state index in [1.807, 2.05) is 5.32 Å². The molecule has 1 aliphatic heterocycles. The summed E-state index contributed by atoms with van der Waals surface area (Å²) in [5.74, 6) is -1.18. The van der Waals surface area contributed by atoms with Crippen molar-refractivity contribution in [2.75, 3.05) is 7.11 Å². The number of methoxy groups -OCH3 is 1. The van der Waals surface area contributed by atoms with Crippen LogP contribution in [0.15, 0.2) is 29.2 Å². The fraction of sp³-hybridized carbons (Fsp3) is 0.0769. The summed E-state index contributed by atoms with van der Waals surface area (Å²) in [6, 6.07) is 4.25. The van der Waals surface area contributed by atoms with Crippen molar-refractivity contribution in [1.29, 1.82) is 0 Å². The van der Waals surface area contributed by atoms with E-state index in [2.05, 4.69) is 0 Å². The quantitative estimate of drug-likeness (QED) is 0.387. The number of carbonyl (C=O) groups excluding carboxylic acids is 4. The maximum Gasteiger partial charge on any atom is 0.337 e. The lowest BCUT2D eigenvalue weighted by atomic mass is 10.2. The number of amides is 2. The fourth-order valence-corrected chi connectivity index (χ4v) is 2.15. The molecule has 0 atom stereocenters. The van der Waals surface area contributed by atoms with Crippen LogP contribution in [-0.4, -0.2) is 30.5 Å². The average molecular weight is 307 g/mol. The second-order valence-electron chi connectivity index (χ2n) is 3.80. The minimum Gasteiger partial charge on any atom is -0.493 e. The normalized spacial score (nSPS) is 15.8. The van der Waals surface area contributed by atoms with E-state index in [4.69, 9.17) is 9.47 Å². The van der Waals surface area contributed by atoms with Crippen molar-refractivity contribution in [1.82, 2.24) is 5.32 Å². The van der Waals surface area contributed by atoms with E-state index < -0.39 is 17.1 Å². The number of thioether (sulfide) groups is 1. The molecule has 7 nitrogen and oxygen atoms in total. The van der Waals surface area contributed by atoms with Crippen LogP contribution in [-0.2, 0) is 9.59 Å². The Kier molecular flexibility index (Phi) is 4.39. The van der Waals surface area contributed by atoms with Gasteiger partial charge in [0.25, 0.3) is 11.1 Å². The molecule has 0 radical (unpaired) electrons. The Bertz CT molecular complexity index is 667. The van der Waals surface area contributed by atoms with E-state index in [0.29, 0.717) is 23.6 Å². The molecule has 1 aliphatic rings. The third kappa shape index (κ3) is 3.48. The zero-order chi connectivity index (χ0) is 15.4. The Labute approximate surface area is 123 Å². The molecule has 0 saturated carbocycles. The second-order valence-corrected chi connectivity index (χ2v) is 4.82. The number of imide groups is 1. The van der Waals surface area contributed by atoms with Gasteiger partial charge in [-0.25, -0.2) is 4.79 Å². The van der Waals surface area contributed by atoms with Crippen molar-refractivity contribution >= 4 is 35.2 Å². The molecular weight excluding hydrogens is 298 g/mol. The number of nitrogens with one attached hydrogen (secondary N) is 1. The van der Waals surface area contributed by atoms with Crippen LogP contribution in [0.25, 0.3) is 0 Å². The Morgan fingerprint density at radius 1 is 1.29 bits per heavy atom. The Morgan fingerprint density at radius 2 is 2.05 bits per heavy atom. The van der Waals surface area contributed by atoms with Crippen molar-refractivity contribution < 1.29 is 28.7 Å². The Hall–Kier alpha value is -2.61. The van der Waals surface area contributed by atoms with Gasteiger partial charge in [0.2, 0.25) is 0 Å². The van der Waals surface area contributed by atoms with Crippen molar-refractivity contribution in [3.05, 3.63) is 34.7 Å². The summed E-state index contributed by atoms with van der Waals surface area (Å²) in [5.41, 5.74) is 0.362. The first-order valence-electron chi connectivity index (χ1n) is 5.63. The monoisotopic (exact) mass is 307 g/mol. The number of hydrogen-bond donors (Lipinski definition) is 1. The minimum absolute atomic E-state index is 0.0477. The third-order valence-electron chi connectivity index (χ3n) is 2.43. The van der Waals surface area contributed by atoms with Crippen LogP contribution in [0.3, 0.4) is 0 Å². The average Bonchev–Trinajstić information content (AvgIpc) is 2.77. The van der Waals surface area contributed by atoms with Gasteiger partial charge in [0.1, 0.15) is 6.29 Å². The molecule has 1 heterocycles. The van der Waals surface area contributed by atoms with E-state index >= 15 is 0 Å². The molecular formula is C13H9NO6S. The SMILES string of the molecule is COc1cc(C=O)ccc1OC(=O)/C=C1\SC(=O)NC1=O. The van der Waals surface area contributed by atoms with Crippen LogP contribution < -0.4 is 14.8 Å². The molecule has 108 valence electrons. The lowest BCUT2D eigenvalue weighted by Crippen LogP contribution is -2.18. The molecule has 1 fully saturated rings. The zero-order valence-electron chi connectivity index (χ0n) is 10.7. The highest BCUT2D eigenvalue weighted by molar-refractivity contribution is 8.18. The fourth-order valence-electron chi connectivity index (χ4n) is 1.51. The number of aldehydes is 1. The van der Waals surface area contributed by atoms with Crippen LogP contribution in [0.5, 0.6) is 11.5 Å². The summed E-state index contributed by atoms with van der Waals surface area (Å²) in [5, 5.41) is 1.47. The molecule has 2 rings (SSSR count). The van der Waals surface area contributed by atoms with Gasteiger partial charge in [-0.15, -0.1) is 0 Å². The molecule has 1 aromatic carbocycles. The first kappa shape index (κ1) is 14.8. The molecule has 8 heteroatoms. The largest absolute Gasteiger partial charge is 0.493 e. The number of ether oxygens (including phenoxy) is 2. The smallest absolute Gasteiger partial charge is 0.337 e. The molecule has 2 amide bonds. The number of carbonyl (C=O) groups is 4. The van der Waals surface area contributed by atoms with E-state index in [0.717, 1.165) is 6.08 Å². The minimum atomic E-state index is -0.834. The first-order valence-corrected chi connectivity index (χ1v) is 6.45. The number of rotatable bonds is 4. The van der Waals surface area contributed by atoms with Gasteiger partial charge in [-0.05, 0) is 30.0 Å². The Morgan fingerprint density at radius 3 is 2.62 bits per heavy atom. The lowest BCUT2D eigenvalue weighted by Gasteiger charge is -2.08. The molecule has 0 spiro atoms. The summed E-state index contributed by atoms with van der Waals surface area (Å²) in [6.45, 7) is 0. The highest BCUT2D eigenvalue weighted by atomic mass is 32.2.